The molecule has 0 bridgehead atoms. The third-order valence-corrected chi connectivity index (χ3v) is 3.63. The van der Waals surface area contributed by atoms with Crippen LogP contribution in [0.4, 0.5) is 0 Å². The Morgan fingerprint density at radius 1 is 1.26 bits per heavy atom. The Balaban J connectivity index is 1.88. The van der Waals surface area contributed by atoms with Crippen molar-refractivity contribution in [1.82, 2.24) is 10.3 Å². The molecule has 0 radical (unpaired) electrons. The van der Waals surface area contributed by atoms with E-state index in [1.54, 1.807) is 36.3 Å². The Morgan fingerprint density at radius 3 is 2.84 bits per heavy atom. The van der Waals surface area contributed by atoms with E-state index in [0.29, 0.717) is 12.1 Å². The van der Waals surface area contributed by atoms with Crippen LogP contribution in [0.5, 0.6) is 0 Å². The minimum absolute atomic E-state index is 0.0743. The van der Waals surface area contributed by atoms with Crippen LogP contribution in [-0.4, -0.2) is 23.7 Å². The lowest BCUT2D eigenvalue weighted by Crippen LogP contribution is -2.25. The van der Waals surface area contributed by atoms with Gasteiger partial charge in [0.25, 0.3) is 5.91 Å². The van der Waals surface area contributed by atoms with E-state index >= 15 is 0 Å². The average molecular weight is 272 g/mol. The highest BCUT2D eigenvalue weighted by Crippen LogP contribution is 2.19. The maximum atomic E-state index is 11.8. The first-order chi connectivity index (χ1) is 9.31. The van der Waals surface area contributed by atoms with Gasteiger partial charge in [0.05, 0.1) is 5.56 Å². The molecular weight excluding hydrogens is 256 g/mol. The molecule has 0 aliphatic carbocycles. The molecule has 19 heavy (non-hydrogen) atoms. The molecular formula is C15H16N2OS. The Morgan fingerprint density at radius 2 is 2.11 bits per heavy atom. The normalized spacial score (nSPS) is 10.2. The van der Waals surface area contributed by atoms with Crippen LogP contribution in [0.25, 0.3) is 0 Å². The highest BCUT2D eigenvalue weighted by Gasteiger charge is 2.05. The fourth-order valence-corrected chi connectivity index (χ4v) is 2.47. The molecule has 1 amide bonds. The lowest BCUT2D eigenvalue weighted by molar-refractivity contribution is 0.0953. The van der Waals surface area contributed by atoms with Crippen LogP contribution in [0.1, 0.15) is 15.9 Å². The third-order valence-electron chi connectivity index (χ3n) is 2.80. The minimum Gasteiger partial charge on any atom is -0.352 e. The highest BCUT2D eigenvalue weighted by atomic mass is 32.2. The van der Waals surface area contributed by atoms with Gasteiger partial charge in [0, 0.05) is 23.8 Å². The molecule has 98 valence electrons. The number of benzene rings is 1. The first-order valence-corrected chi connectivity index (χ1v) is 7.34. The van der Waals surface area contributed by atoms with Crippen molar-refractivity contribution in [3.8, 4) is 0 Å². The Kier molecular flexibility index (Phi) is 4.98. The predicted octanol–water partition coefficient (Wildman–Crippen LogP) is 2.78. The number of carbonyl (C=O) groups excluding carboxylic acids is 1. The van der Waals surface area contributed by atoms with Crippen molar-refractivity contribution in [2.45, 2.75) is 11.3 Å². The second-order valence-electron chi connectivity index (χ2n) is 4.06. The molecule has 0 unspecified atom stereocenters. The van der Waals surface area contributed by atoms with Gasteiger partial charge in [-0.3, -0.25) is 9.78 Å². The number of carbonyl (C=O) groups is 1. The molecule has 4 heteroatoms. The summed E-state index contributed by atoms with van der Waals surface area (Å²) < 4.78 is 0. The van der Waals surface area contributed by atoms with Crippen molar-refractivity contribution in [2.75, 3.05) is 12.8 Å². The molecule has 0 saturated heterocycles. The van der Waals surface area contributed by atoms with Crippen molar-refractivity contribution in [2.24, 2.45) is 0 Å². The van der Waals surface area contributed by atoms with E-state index in [1.165, 1.54) is 10.5 Å². The number of hydrogen-bond donors (Lipinski definition) is 1. The number of amides is 1. The molecule has 3 nitrogen and oxygen atoms in total. The van der Waals surface area contributed by atoms with Crippen LogP contribution in [0.15, 0.2) is 53.7 Å². The van der Waals surface area contributed by atoms with E-state index in [9.17, 15) is 4.79 Å². The predicted molar refractivity (Wildman–Crippen MR) is 78.5 cm³/mol. The van der Waals surface area contributed by atoms with E-state index in [1.807, 2.05) is 12.1 Å². The van der Waals surface area contributed by atoms with Gasteiger partial charge >= 0.3 is 0 Å². The standard InChI is InChI=1S/C15H16N2OS/c1-19-14-7-3-2-5-12(14)8-10-17-15(18)13-6-4-9-16-11-13/h2-7,9,11H,8,10H2,1H3,(H,17,18). The summed E-state index contributed by atoms with van der Waals surface area (Å²) in [6.45, 7) is 0.630. The summed E-state index contributed by atoms with van der Waals surface area (Å²) in [7, 11) is 0. The largest absolute Gasteiger partial charge is 0.352 e. The Hall–Kier alpha value is -1.81. The van der Waals surface area contributed by atoms with Gasteiger partial charge in [0.1, 0.15) is 0 Å². The van der Waals surface area contributed by atoms with Crippen molar-refractivity contribution in [3.63, 3.8) is 0 Å². The topological polar surface area (TPSA) is 42.0 Å². The number of rotatable bonds is 5. The summed E-state index contributed by atoms with van der Waals surface area (Å²) in [6, 6.07) is 11.8. The molecule has 0 fully saturated rings. The molecule has 2 rings (SSSR count). The van der Waals surface area contributed by atoms with Crippen molar-refractivity contribution >= 4 is 17.7 Å². The number of hydrogen-bond acceptors (Lipinski definition) is 3. The maximum absolute atomic E-state index is 11.8. The monoisotopic (exact) mass is 272 g/mol. The van der Waals surface area contributed by atoms with Crippen molar-refractivity contribution in [1.29, 1.82) is 0 Å². The zero-order chi connectivity index (χ0) is 13.5. The first kappa shape index (κ1) is 13.6. The van der Waals surface area contributed by atoms with Gasteiger partial charge in [-0.1, -0.05) is 18.2 Å². The lowest BCUT2D eigenvalue weighted by Gasteiger charge is -2.08. The van der Waals surface area contributed by atoms with Crippen LogP contribution < -0.4 is 5.32 Å². The van der Waals surface area contributed by atoms with E-state index in [2.05, 4.69) is 28.7 Å². The Bertz CT molecular complexity index is 543. The fraction of sp³-hybridized carbons (Fsp3) is 0.200. The lowest BCUT2D eigenvalue weighted by atomic mass is 10.1. The van der Waals surface area contributed by atoms with Gasteiger partial charge in [-0.15, -0.1) is 11.8 Å². The van der Waals surface area contributed by atoms with Gasteiger partial charge in [0.2, 0.25) is 0 Å². The highest BCUT2D eigenvalue weighted by molar-refractivity contribution is 7.98. The summed E-state index contributed by atoms with van der Waals surface area (Å²) in [6.07, 6.45) is 6.13. The number of nitrogens with zero attached hydrogens (tertiary/aromatic N) is 1. The molecule has 0 atom stereocenters. The third kappa shape index (κ3) is 3.83. The zero-order valence-electron chi connectivity index (χ0n) is 10.8. The van der Waals surface area contributed by atoms with Gasteiger partial charge in [-0.2, -0.15) is 0 Å². The van der Waals surface area contributed by atoms with Crippen LogP contribution in [0.3, 0.4) is 0 Å². The van der Waals surface area contributed by atoms with Crippen LogP contribution in [-0.2, 0) is 6.42 Å². The SMILES string of the molecule is CSc1ccccc1CCNC(=O)c1cccnc1. The number of pyridine rings is 1. The minimum atomic E-state index is -0.0743. The molecule has 1 heterocycles. The van der Waals surface area contributed by atoms with Gasteiger partial charge in [-0.25, -0.2) is 0 Å². The summed E-state index contributed by atoms with van der Waals surface area (Å²) >= 11 is 1.73. The second-order valence-corrected chi connectivity index (χ2v) is 4.91. The maximum Gasteiger partial charge on any atom is 0.252 e. The smallest absolute Gasteiger partial charge is 0.252 e. The van der Waals surface area contributed by atoms with E-state index < -0.39 is 0 Å². The summed E-state index contributed by atoms with van der Waals surface area (Å²) in [5.41, 5.74) is 1.86. The average Bonchev–Trinajstić information content (AvgIpc) is 2.48. The second kappa shape index (κ2) is 6.95. The van der Waals surface area contributed by atoms with Crippen molar-refractivity contribution in [3.05, 3.63) is 59.9 Å². The van der Waals surface area contributed by atoms with Crippen LogP contribution >= 0.6 is 11.8 Å². The number of aromatic nitrogens is 1. The molecule has 0 saturated carbocycles. The summed E-state index contributed by atoms with van der Waals surface area (Å²) in [4.78, 5) is 17.0. The van der Waals surface area contributed by atoms with E-state index in [0.717, 1.165) is 6.42 Å². The first-order valence-electron chi connectivity index (χ1n) is 6.11. The molecule has 1 aromatic carbocycles. The Labute approximate surface area is 117 Å². The number of nitrogens with one attached hydrogen (secondary N) is 1. The quantitative estimate of drug-likeness (QED) is 0.851. The molecule has 0 spiro atoms. The van der Waals surface area contributed by atoms with Crippen molar-refractivity contribution < 1.29 is 4.79 Å². The van der Waals surface area contributed by atoms with Crippen LogP contribution in [0.2, 0.25) is 0 Å². The van der Waals surface area contributed by atoms with Gasteiger partial charge in [0.15, 0.2) is 0 Å². The molecule has 2 aromatic rings. The molecule has 0 aliphatic rings. The van der Waals surface area contributed by atoms with E-state index in [-0.39, 0.29) is 5.91 Å². The number of thioether (sulfide) groups is 1. The fourth-order valence-electron chi connectivity index (χ4n) is 1.82. The molecule has 1 N–H and O–H groups in total. The molecule has 0 aliphatic heterocycles. The van der Waals surface area contributed by atoms with Gasteiger partial charge in [-0.05, 0) is 36.4 Å². The summed E-state index contributed by atoms with van der Waals surface area (Å²) in [5.74, 6) is -0.0743. The zero-order valence-corrected chi connectivity index (χ0v) is 11.6. The van der Waals surface area contributed by atoms with Crippen LogP contribution in [0, 0.1) is 0 Å². The molecule has 1 aromatic heterocycles. The van der Waals surface area contributed by atoms with Gasteiger partial charge < -0.3 is 5.32 Å². The van der Waals surface area contributed by atoms with E-state index in [4.69, 9.17) is 0 Å². The summed E-state index contributed by atoms with van der Waals surface area (Å²) in [5, 5.41) is 2.91.